The highest BCUT2D eigenvalue weighted by molar-refractivity contribution is 5.75. The first-order chi connectivity index (χ1) is 1.73. The predicted molar refractivity (Wildman–Crippen MR) is 16.4 cm³/mol. The zero-order chi connectivity index (χ0) is 3.58. The van der Waals surface area contributed by atoms with Crippen LogP contribution in [-0.2, 0) is 0 Å². The molecule has 0 aromatic heterocycles. The molecular weight excluding hydrogens is 88.1 g/mol. The van der Waals surface area contributed by atoms with Crippen LogP contribution in [0.1, 0.15) is 0 Å². The molecule has 0 atom stereocenters. The zero-order valence-electron chi connectivity index (χ0n) is 2.30. The number of carboxylic acid groups (broad SMARTS) is 2. The van der Waals surface area contributed by atoms with Gasteiger partial charge in [-0.05, 0) is 0 Å². The second kappa shape index (κ2) is 3.49. The van der Waals surface area contributed by atoms with Gasteiger partial charge in [0, 0.05) is 11.0 Å². The van der Waals surface area contributed by atoms with Crippen LogP contribution in [0.15, 0.2) is 0 Å². The van der Waals surface area contributed by atoms with Crippen molar-refractivity contribution in [3.63, 3.8) is 0 Å². The first-order valence-corrected chi connectivity index (χ1v) is 0.651. The van der Waals surface area contributed by atoms with Crippen molar-refractivity contribution >= 4 is 17.1 Å². The lowest BCUT2D eigenvalue weighted by molar-refractivity contribution is 0.137. The Balaban J connectivity index is 0. The van der Waals surface area contributed by atoms with Gasteiger partial charge in [-0.2, -0.15) is 0 Å². The van der Waals surface area contributed by atoms with Crippen molar-refractivity contribution in [1.82, 2.24) is 0 Å². The van der Waals surface area contributed by atoms with Crippen molar-refractivity contribution in [3.8, 4) is 0 Å². The van der Waals surface area contributed by atoms with E-state index in [1.165, 1.54) is 0 Å². The Kier molecular flexibility index (Phi) is 6.15. The molecule has 0 aromatic rings. The third-order valence-corrected chi connectivity index (χ3v) is 0. The summed E-state index contributed by atoms with van der Waals surface area (Å²) in [5.74, 6) is 0. The Morgan fingerprint density at radius 1 is 1.40 bits per heavy atom. The first-order valence-electron chi connectivity index (χ1n) is 0.651. The summed E-state index contributed by atoms with van der Waals surface area (Å²) >= 11 is 0. The first kappa shape index (κ1) is 8.82. The molecule has 0 bridgehead atoms. The zero-order valence-corrected chi connectivity index (χ0v) is 3.30. The van der Waals surface area contributed by atoms with E-state index in [9.17, 15) is 0 Å². The maximum absolute atomic E-state index is 8.56. The molecule has 0 unspecified atom stereocenters. The van der Waals surface area contributed by atoms with Gasteiger partial charge in [0.15, 0.2) is 0 Å². The van der Waals surface area contributed by atoms with E-state index in [1.807, 2.05) is 0 Å². The summed E-state index contributed by atoms with van der Waals surface area (Å²) in [6.45, 7) is 0. The lowest BCUT2D eigenvalue weighted by Gasteiger charge is -1.60. The van der Waals surface area contributed by atoms with Crippen LogP contribution in [-0.4, -0.2) is 27.3 Å². The van der Waals surface area contributed by atoms with Crippen LogP contribution in [0.2, 0.25) is 0 Å². The summed E-state index contributed by atoms with van der Waals surface area (Å²) in [4.78, 5) is 8.56. The Morgan fingerprint density at radius 3 is 1.40 bits per heavy atom. The van der Waals surface area contributed by atoms with E-state index in [2.05, 4.69) is 0 Å². The van der Waals surface area contributed by atoms with Crippen LogP contribution < -0.4 is 0 Å². The summed E-state index contributed by atoms with van der Waals surface area (Å²) in [5, 5.41) is 13.9. The van der Waals surface area contributed by atoms with Crippen molar-refractivity contribution in [3.05, 3.63) is 0 Å². The molecular formula is CH2O3Si. The Morgan fingerprint density at radius 2 is 1.40 bits per heavy atom. The lowest BCUT2D eigenvalue weighted by Crippen LogP contribution is -1.81. The second-order valence-corrected chi connectivity index (χ2v) is 0.283. The largest absolute Gasteiger partial charge is 0.503 e. The quantitative estimate of drug-likeness (QED) is 0.406. The van der Waals surface area contributed by atoms with Crippen molar-refractivity contribution < 1.29 is 15.0 Å². The topological polar surface area (TPSA) is 57.5 Å². The van der Waals surface area contributed by atoms with Gasteiger partial charge >= 0.3 is 6.16 Å². The lowest BCUT2D eigenvalue weighted by atomic mass is 11.5. The van der Waals surface area contributed by atoms with Crippen LogP contribution in [0.3, 0.4) is 0 Å². The molecule has 5 heavy (non-hydrogen) atoms. The normalized spacial score (nSPS) is 4.80. The molecule has 0 amide bonds. The minimum atomic E-state index is -1.83. The number of carbonyl (C=O) groups is 1. The second-order valence-electron chi connectivity index (χ2n) is 0.283. The van der Waals surface area contributed by atoms with Gasteiger partial charge in [-0.25, -0.2) is 4.79 Å². The molecule has 0 heterocycles. The molecule has 0 saturated heterocycles. The standard InChI is InChI=1S/CH2O3.Si/c2-1(3)4;/h(H2,2,3,4);. The van der Waals surface area contributed by atoms with E-state index in [0.717, 1.165) is 0 Å². The van der Waals surface area contributed by atoms with E-state index < -0.39 is 6.16 Å². The molecule has 0 aliphatic heterocycles. The maximum Gasteiger partial charge on any atom is 0.503 e. The third kappa shape index (κ3) is 29.3. The number of hydrogen-bond acceptors (Lipinski definition) is 1. The van der Waals surface area contributed by atoms with Gasteiger partial charge in [-0.1, -0.05) is 0 Å². The van der Waals surface area contributed by atoms with Gasteiger partial charge in [0.25, 0.3) is 0 Å². The SMILES string of the molecule is O=C(O)O.[Si]. The van der Waals surface area contributed by atoms with E-state index in [-0.39, 0.29) is 11.0 Å². The van der Waals surface area contributed by atoms with Crippen molar-refractivity contribution in [2.45, 2.75) is 0 Å². The highest BCUT2D eigenvalue weighted by Gasteiger charge is 1.70. The fourth-order valence-corrected chi connectivity index (χ4v) is 0. The summed E-state index contributed by atoms with van der Waals surface area (Å²) in [7, 11) is 0. The van der Waals surface area contributed by atoms with Crippen molar-refractivity contribution in [2.75, 3.05) is 0 Å². The minimum absolute atomic E-state index is 0. The summed E-state index contributed by atoms with van der Waals surface area (Å²) < 4.78 is 0. The predicted octanol–water partition coefficient (Wildman–Crippen LogP) is -0.158. The molecule has 2 N–H and O–H groups in total. The minimum Gasteiger partial charge on any atom is -0.450 e. The van der Waals surface area contributed by atoms with Gasteiger partial charge in [0.1, 0.15) is 0 Å². The van der Waals surface area contributed by atoms with Gasteiger partial charge in [0.2, 0.25) is 0 Å². The average Bonchev–Trinajstić information content (AvgIpc) is 0.811. The van der Waals surface area contributed by atoms with E-state index in [4.69, 9.17) is 15.0 Å². The maximum atomic E-state index is 8.56. The van der Waals surface area contributed by atoms with Crippen molar-refractivity contribution in [1.29, 1.82) is 0 Å². The molecule has 0 aliphatic carbocycles. The van der Waals surface area contributed by atoms with Gasteiger partial charge < -0.3 is 10.2 Å². The monoisotopic (exact) mass is 90.0 g/mol. The van der Waals surface area contributed by atoms with Gasteiger partial charge in [-0.3, -0.25) is 0 Å². The molecule has 0 rings (SSSR count). The molecule has 4 heteroatoms. The van der Waals surface area contributed by atoms with Crippen LogP contribution in [0.4, 0.5) is 4.79 Å². The molecule has 3 nitrogen and oxygen atoms in total. The fourth-order valence-electron chi connectivity index (χ4n) is 0. The highest BCUT2D eigenvalue weighted by Crippen LogP contribution is 1.42. The average molecular weight is 90.1 g/mol. The molecule has 0 aliphatic rings. The smallest absolute Gasteiger partial charge is 0.450 e. The van der Waals surface area contributed by atoms with Crippen LogP contribution in [0.25, 0.3) is 0 Å². The summed E-state index contributed by atoms with van der Waals surface area (Å²) in [6.07, 6.45) is -1.83. The van der Waals surface area contributed by atoms with Crippen LogP contribution in [0.5, 0.6) is 0 Å². The van der Waals surface area contributed by atoms with Crippen LogP contribution in [0, 0.1) is 0 Å². The summed E-state index contributed by atoms with van der Waals surface area (Å²) in [5.41, 5.74) is 0. The van der Waals surface area contributed by atoms with E-state index in [0.29, 0.717) is 0 Å². The van der Waals surface area contributed by atoms with Gasteiger partial charge in [-0.15, -0.1) is 0 Å². The molecule has 0 aromatic carbocycles. The molecule has 28 valence electrons. The highest BCUT2D eigenvalue weighted by atomic mass is 28.1. The third-order valence-electron chi connectivity index (χ3n) is 0. The summed E-state index contributed by atoms with van der Waals surface area (Å²) in [6, 6.07) is 0. The Bertz CT molecular complexity index is 29.9. The Labute approximate surface area is 33.3 Å². The fraction of sp³-hybridized carbons (Fsp3) is 0. The van der Waals surface area contributed by atoms with Crippen LogP contribution >= 0.6 is 0 Å². The van der Waals surface area contributed by atoms with Crippen molar-refractivity contribution in [2.24, 2.45) is 0 Å². The van der Waals surface area contributed by atoms with E-state index >= 15 is 0 Å². The molecule has 0 fully saturated rings. The number of hydrogen-bond donors (Lipinski definition) is 2. The van der Waals surface area contributed by atoms with E-state index in [1.54, 1.807) is 0 Å². The molecule has 4 radical (unpaired) electrons. The Hall–Kier alpha value is -0.513. The molecule has 0 spiro atoms. The number of rotatable bonds is 0. The van der Waals surface area contributed by atoms with Gasteiger partial charge in [0.05, 0.1) is 0 Å². The molecule has 0 saturated carbocycles.